The fourth-order valence-corrected chi connectivity index (χ4v) is 4.33. The van der Waals surface area contributed by atoms with Crippen molar-refractivity contribution in [3.05, 3.63) is 65.5 Å². The number of nitrogens with zero attached hydrogens (tertiary/aromatic N) is 1. The van der Waals surface area contributed by atoms with Crippen molar-refractivity contribution in [1.29, 1.82) is 0 Å². The van der Waals surface area contributed by atoms with Crippen LogP contribution in [0.15, 0.2) is 48.5 Å². The zero-order chi connectivity index (χ0) is 17.6. The van der Waals surface area contributed by atoms with Crippen molar-refractivity contribution in [1.82, 2.24) is 4.90 Å². The largest absolute Gasteiger partial charge is 0.497 e. The van der Waals surface area contributed by atoms with E-state index in [4.69, 9.17) is 4.74 Å². The monoisotopic (exact) mass is 359 g/mol. The molecule has 0 aliphatic carbocycles. The van der Waals surface area contributed by atoms with Crippen molar-refractivity contribution in [2.24, 2.45) is 0 Å². The summed E-state index contributed by atoms with van der Waals surface area (Å²) in [5.41, 5.74) is 1.70. The maximum atomic E-state index is 14.0. The molecule has 3 rings (SSSR count). The molecule has 0 saturated carbocycles. The van der Waals surface area contributed by atoms with E-state index in [-0.39, 0.29) is 17.0 Å². The number of halogens is 1. The van der Waals surface area contributed by atoms with Crippen molar-refractivity contribution in [2.75, 3.05) is 26.0 Å². The first kappa shape index (κ1) is 17.8. The molecule has 1 aliphatic rings. The molecule has 1 heterocycles. The van der Waals surface area contributed by atoms with Crippen molar-refractivity contribution in [3.8, 4) is 5.75 Å². The average Bonchev–Trinajstić information content (AvgIpc) is 2.88. The van der Waals surface area contributed by atoms with Crippen molar-refractivity contribution < 1.29 is 13.9 Å². The molecule has 132 valence electrons. The Morgan fingerprint density at radius 2 is 2.08 bits per heavy atom. The molecule has 2 aromatic carbocycles. The van der Waals surface area contributed by atoms with Crippen LogP contribution in [-0.2, 0) is 11.2 Å². The molecule has 1 amide bonds. The molecule has 1 atom stereocenters. The number of thioether (sulfide) groups is 1. The van der Waals surface area contributed by atoms with Gasteiger partial charge in [-0.25, -0.2) is 4.39 Å². The normalized spacial score (nSPS) is 17.8. The molecule has 1 aliphatic heterocycles. The second-order valence-corrected chi connectivity index (χ2v) is 7.39. The van der Waals surface area contributed by atoms with Gasteiger partial charge >= 0.3 is 0 Å². The Labute approximate surface area is 152 Å². The summed E-state index contributed by atoms with van der Waals surface area (Å²) >= 11 is 1.73. The number of hydrogen-bond acceptors (Lipinski definition) is 3. The van der Waals surface area contributed by atoms with Crippen LogP contribution in [0.3, 0.4) is 0 Å². The summed E-state index contributed by atoms with van der Waals surface area (Å²) in [7, 11) is 1.62. The minimum absolute atomic E-state index is 0.107. The van der Waals surface area contributed by atoms with Gasteiger partial charge in [0.2, 0.25) is 5.91 Å². The van der Waals surface area contributed by atoms with Crippen LogP contribution < -0.4 is 4.74 Å². The summed E-state index contributed by atoms with van der Waals surface area (Å²) in [4.78, 5) is 14.5. The van der Waals surface area contributed by atoms with E-state index in [2.05, 4.69) is 0 Å². The van der Waals surface area contributed by atoms with Crippen LogP contribution in [-0.4, -0.2) is 36.8 Å². The number of ether oxygens (including phenoxy) is 1. The van der Waals surface area contributed by atoms with Gasteiger partial charge in [-0.3, -0.25) is 4.79 Å². The minimum atomic E-state index is -0.156. The van der Waals surface area contributed by atoms with Gasteiger partial charge in [0, 0.05) is 29.7 Å². The Kier molecular flexibility index (Phi) is 5.97. The lowest BCUT2D eigenvalue weighted by Crippen LogP contribution is -2.34. The standard InChI is InChI=1S/C20H22FNO2S/c1-24-16-6-4-5-15(13-16)14-20(23)22-10-9-19(25-12-11-22)17-7-2-3-8-18(17)21/h2-8,13,19H,9-12,14H2,1H3. The van der Waals surface area contributed by atoms with Gasteiger partial charge in [0.05, 0.1) is 13.5 Å². The van der Waals surface area contributed by atoms with Crippen LogP contribution in [0.4, 0.5) is 4.39 Å². The highest BCUT2D eigenvalue weighted by Gasteiger charge is 2.23. The fraction of sp³-hybridized carbons (Fsp3) is 0.350. The molecule has 3 nitrogen and oxygen atoms in total. The highest BCUT2D eigenvalue weighted by Crippen LogP contribution is 2.35. The predicted octanol–water partition coefficient (Wildman–Crippen LogP) is 4.08. The fourth-order valence-electron chi connectivity index (χ4n) is 3.07. The number of benzene rings is 2. The van der Waals surface area contributed by atoms with Crippen LogP contribution >= 0.6 is 11.8 Å². The first-order valence-corrected chi connectivity index (χ1v) is 9.49. The molecule has 0 bridgehead atoms. The lowest BCUT2D eigenvalue weighted by molar-refractivity contribution is -0.130. The Morgan fingerprint density at radius 3 is 2.88 bits per heavy atom. The van der Waals surface area contributed by atoms with Gasteiger partial charge in [0.15, 0.2) is 0 Å². The lowest BCUT2D eigenvalue weighted by atomic mass is 10.1. The Bertz CT molecular complexity index is 737. The SMILES string of the molecule is COc1cccc(CC(=O)N2CCSC(c3ccccc3F)CC2)c1. The van der Waals surface area contributed by atoms with Crippen molar-refractivity contribution >= 4 is 17.7 Å². The highest BCUT2D eigenvalue weighted by molar-refractivity contribution is 7.99. The van der Waals surface area contributed by atoms with Gasteiger partial charge in [-0.15, -0.1) is 0 Å². The Balaban J connectivity index is 1.62. The maximum absolute atomic E-state index is 14.0. The van der Waals surface area contributed by atoms with E-state index in [1.54, 1.807) is 24.9 Å². The molecule has 0 spiro atoms. The summed E-state index contributed by atoms with van der Waals surface area (Å²) in [6.07, 6.45) is 1.14. The van der Waals surface area contributed by atoms with Gasteiger partial charge in [0.25, 0.3) is 0 Å². The second-order valence-electron chi connectivity index (χ2n) is 6.08. The van der Waals surface area contributed by atoms with Crippen LogP contribution in [0.1, 0.15) is 22.8 Å². The number of hydrogen-bond donors (Lipinski definition) is 0. The summed E-state index contributed by atoms with van der Waals surface area (Å²) in [6, 6.07) is 14.5. The zero-order valence-electron chi connectivity index (χ0n) is 14.3. The minimum Gasteiger partial charge on any atom is -0.497 e. The number of rotatable bonds is 4. The first-order chi connectivity index (χ1) is 12.2. The third-order valence-corrected chi connectivity index (χ3v) is 5.75. The first-order valence-electron chi connectivity index (χ1n) is 8.44. The van der Waals surface area contributed by atoms with E-state index in [9.17, 15) is 9.18 Å². The Hall–Kier alpha value is -2.01. The summed E-state index contributed by atoms with van der Waals surface area (Å²) in [5.74, 6) is 1.54. The third-order valence-electron chi connectivity index (χ3n) is 4.44. The second kappa shape index (κ2) is 8.39. The zero-order valence-corrected chi connectivity index (χ0v) is 15.1. The molecule has 0 N–H and O–H groups in total. The van der Waals surface area contributed by atoms with Crippen LogP contribution in [0.5, 0.6) is 5.75 Å². The number of carbonyl (C=O) groups excluding carboxylic acids is 1. The van der Waals surface area contributed by atoms with E-state index in [1.165, 1.54) is 6.07 Å². The Morgan fingerprint density at radius 1 is 1.24 bits per heavy atom. The summed E-state index contributed by atoms with van der Waals surface area (Å²) in [6.45, 7) is 1.37. The molecule has 0 radical (unpaired) electrons. The van der Waals surface area contributed by atoms with Crippen LogP contribution in [0.25, 0.3) is 0 Å². The lowest BCUT2D eigenvalue weighted by Gasteiger charge is -2.20. The quantitative estimate of drug-likeness (QED) is 0.824. The molecule has 1 saturated heterocycles. The van der Waals surface area contributed by atoms with E-state index in [0.29, 0.717) is 19.5 Å². The van der Waals surface area contributed by atoms with Gasteiger partial charge < -0.3 is 9.64 Å². The molecule has 1 unspecified atom stereocenters. The maximum Gasteiger partial charge on any atom is 0.227 e. The summed E-state index contributed by atoms with van der Waals surface area (Å²) < 4.78 is 19.2. The average molecular weight is 359 g/mol. The van der Waals surface area contributed by atoms with E-state index < -0.39 is 0 Å². The van der Waals surface area contributed by atoms with Gasteiger partial charge in [0.1, 0.15) is 11.6 Å². The summed E-state index contributed by atoms with van der Waals surface area (Å²) in [5, 5.41) is 0.107. The van der Waals surface area contributed by atoms with E-state index in [0.717, 1.165) is 29.1 Å². The molecular weight excluding hydrogens is 337 g/mol. The smallest absolute Gasteiger partial charge is 0.227 e. The molecule has 0 aromatic heterocycles. The number of carbonyl (C=O) groups is 1. The van der Waals surface area contributed by atoms with Crippen LogP contribution in [0.2, 0.25) is 0 Å². The van der Waals surface area contributed by atoms with Gasteiger partial charge in [-0.2, -0.15) is 11.8 Å². The predicted molar refractivity (Wildman–Crippen MR) is 99.5 cm³/mol. The van der Waals surface area contributed by atoms with Gasteiger partial charge in [-0.1, -0.05) is 30.3 Å². The third kappa shape index (κ3) is 4.54. The molecular formula is C20H22FNO2S. The molecule has 2 aromatic rings. The molecule has 5 heteroatoms. The van der Waals surface area contributed by atoms with Gasteiger partial charge in [-0.05, 0) is 30.2 Å². The van der Waals surface area contributed by atoms with E-state index in [1.807, 2.05) is 41.3 Å². The van der Waals surface area contributed by atoms with Crippen molar-refractivity contribution in [2.45, 2.75) is 18.1 Å². The topological polar surface area (TPSA) is 29.5 Å². The molecule has 1 fully saturated rings. The van der Waals surface area contributed by atoms with E-state index >= 15 is 0 Å². The highest BCUT2D eigenvalue weighted by atomic mass is 32.2. The van der Waals surface area contributed by atoms with Crippen molar-refractivity contribution in [3.63, 3.8) is 0 Å². The molecule has 25 heavy (non-hydrogen) atoms. The number of amides is 1. The van der Waals surface area contributed by atoms with Crippen LogP contribution in [0, 0.1) is 5.82 Å². The number of methoxy groups -OCH3 is 1.